The molecular weight excluding hydrogens is 316 g/mol. The molecule has 0 bridgehead atoms. The molecule has 4 rings (SSSR count). The molecule has 1 saturated carbocycles. The van der Waals surface area contributed by atoms with E-state index in [0.29, 0.717) is 29.7 Å². The van der Waals surface area contributed by atoms with Gasteiger partial charge in [0.15, 0.2) is 0 Å². The molecule has 1 spiro atoms. The highest BCUT2D eigenvalue weighted by Gasteiger charge is 2.54. The lowest BCUT2D eigenvalue weighted by atomic mass is 9.73. The number of carbonyl (C=O) groups is 1. The lowest BCUT2D eigenvalue weighted by Crippen LogP contribution is -2.50. The first kappa shape index (κ1) is 16.4. The topological polar surface area (TPSA) is 41.5 Å². The predicted molar refractivity (Wildman–Crippen MR) is 101 cm³/mol. The van der Waals surface area contributed by atoms with E-state index in [1.54, 1.807) is 0 Å². The van der Waals surface area contributed by atoms with E-state index in [1.165, 1.54) is 18.6 Å². The van der Waals surface area contributed by atoms with Crippen LogP contribution in [0.2, 0.25) is 0 Å². The van der Waals surface area contributed by atoms with Crippen molar-refractivity contribution in [3.63, 3.8) is 0 Å². The number of allylic oxidation sites excluding steroid dienone is 3. The molecule has 2 aliphatic heterocycles. The quantitative estimate of drug-likeness (QED) is 0.831. The standard InChI is InChI=1S/C20H28N2OS/c1-13-6-5-7-17(14(13)2)22-19(23)15-12-24-20-10-4-3-8-18(20)21-11-9-16(15)20/h3-4,8,10,13-17H,5-7,9,11-12H2,1-2H3,(H,22,23). The van der Waals surface area contributed by atoms with Crippen molar-refractivity contribution in [1.82, 2.24) is 5.32 Å². The molecule has 0 aromatic carbocycles. The molecule has 1 amide bonds. The second kappa shape index (κ2) is 6.36. The summed E-state index contributed by atoms with van der Waals surface area (Å²) in [7, 11) is 0. The molecule has 2 aliphatic carbocycles. The molecule has 130 valence electrons. The average Bonchev–Trinajstić information content (AvgIpc) is 2.97. The Morgan fingerprint density at radius 2 is 2.17 bits per heavy atom. The van der Waals surface area contributed by atoms with Crippen LogP contribution in [-0.4, -0.2) is 34.7 Å². The SMILES string of the molecule is CC1CCCC(NC(=O)C2CSC34C=CC=CC3=NCCC24)C1C. The Hall–Kier alpha value is -1.03. The number of thioether (sulfide) groups is 1. The summed E-state index contributed by atoms with van der Waals surface area (Å²) in [6, 6.07) is 0.362. The number of hydrogen-bond donors (Lipinski definition) is 1. The van der Waals surface area contributed by atoms with Crippen LogP contribution >= 0.6 is 11.8 Å². The molecule has 2 fully saturated rings. The molecule has 6 unspecified atom stereocenters. The lowest BCUT2D eigenvalue weighted by Gasteiger charge is -2.39. The zero-order chi connectivity index (χ0) is 16.7. The van der Waals surface area contributed by atoms with Crippen molar-refractivity contribution in [2.24, 2.45) is 28.7 Å². The molecule has 0 radical (unpaired) electrons. The summed E-state index contributed by atoms with van der Waals surface area (Å²) >= 11 is 1.93. The summed E-state index contributed by atoms with van der Waals surface area (Å²) in [5.41, 5.74) is 1.18. The molecule has 0 aromatic heterocycles. The molecule has 6 atom stereocenters. The second-order valence-corrected chi connectivity index (χ2v) is 9.27. The summed E-state index contributed by atoms with van der Waals surface area (Å²) in [5, 5.41) is 3.43. The van der Waals surface area contributed by atoms with E-state index in [2.05, 4.69) is 43.5 Å². The molecule has 4 heteroatoms. The van der Waals surface area contributed by atoms with E-state index in [1.807, 2.05) is 11.8 Å². The Labute approximate surface area is 149 Å². The van der Waals surface area contributed by atoms with Gasteiger partial charge in [-0.2, -0.15) is 0 Å². The van der Waals surface area contributed by atoms with Crippen LogP contribution in [-0.2, 0) is 4.79 Å². The molecule has 1 saturated heterocycles. The Morgan fingerprint density at radius 3 is 3.04 bits per heavy atom. The molecule has 2 heterocycles. The van der Waals surface area contributed by atoms with Crippen LogP contribution in [0, 0.1) is 23.7 Å². The maximum Gasteiger partial charge on any atom is 0.224 e. The van der Waals surface area contributed by atoms with Crippen LogP contribution in [0.3, 0.4) is 0 Å². The van der Waals surface area contributed by atoms with Gasteiger partial charge in [-0.05, 0) is 36.7 Å². The zero-order valence-electron chi connectivity index (χ0n) is 14.7. The van der Waals surface area contributed by atoms with E-state index in [0.717, 1.165) is 25.1 Å². The number of nitrogens with zero attached hydrogens (tertiary/aromatic N) is 1. The van der Waals surface area contributed by atoms with Crippen molar-refractivity contribution in [1.29, 1.82) is 0 Å². The fourth-order valence-corrected chi connectivity index (χ4v) is 6.79. The fraction of sp³-hybridized carbons (Fsp3) is 0.700. The number of rotatable bonds is 2. The monoisotopic (exact) mass is 344 g/mol. The van der Waals surface area contributed by atoms with Crippen molar-refractivity contribution in [3.8, 4) is 0 Å². The highest BCUT2D eigenvalue weighted by molar-refractivity contribution is 8.02. The number of carbonyl (C=O) groups excluding carboxylic acids is 1. The van der Waals surface area contributed by atoms with Gasteiger partial charge in [0.2, 0.25) is 5.91 Å². The van der Waals surface area contributed by atoms with Gasteiger partial charge in [0.05, 0.1) is 16.4 Å². The summed E-state index contributed by atoms with van der Waals surface area (Å²) < 4.78 is -0.0412. The number of hydrogen-bond acceptors (Lipinski definition) is 3. The molecule has 24 heavy (non-hydrogen) atoms. The first-order valence-corrected chi connectivity index (χ1v) is 10.5. The van der Waals surface area contributed by atoms with Crippen molar-refractivity contribution < 1.29 is 4.79 Å². The van der Waals surface area contributed by atoms with E-state index in [9.17, 15) is 4.79 Å². The van der Waals surface area contributed by atoms with Crippen LogP contribution in [0.1, 0.15) is 39.5 Å². The number of nitrogens with one attached hydrogen (secondary N) is 1. The van der Waals surface area contributed by atoms with Gasteiger partial charge >= 0.3 is 0 Å². The first-order valence-electron chi connectivity index (χ1n) is 9.47. The highest BCUT2D eigenvalue weighted by Crippen LogP contribution is 2.53. The van der Waals surface area contributed by atoms with Gasteiger partial charge in [-0.1, -0.05) is 44.9 Å². The van der Waals surface area contributed by atoms with Gasteiger partial charge in [0, 0.05) is 18.3 Å². The minimum absolute atomic E-state index is 0.0412. The molecule has 1 N–H and O–H groups in total. The molecular formula is C20H28N2OS. The van der Waals surface area contributed by atoms with Gasteiger partial charge < -0.3 is 5.32 Å². The van der Waals surface area contributed by atoms with Gasteiger partial charge in [-0.15, -0.1) is 11.8 Å². The molecule has 0 aromatic rings. The Kier molecular flexibility index (Phi) is 4.36. The molecule has 3 nitrogen and oxygen atoms in total. The van der Waals surface area contributed by atoms with Crippen LogP contribution < -0.4 is 5.32 Å². The van der Waals surface area contributed by atoms with Crippen LogP contribution in [0.4, 0.5) is 0 Å². The maximum absolute atomic E-state index is 13.1. The fourth-order valence-electron chi connectivity index (χ4n) is 5.00. The van der Waals surface area contributed by atoms with Crippen LogP contribution in [0.15, 0.2) is 29.3 Å². The summed E-state index contributed by atoms with van der Waals surface area (Å²) in [5.74, 6) is 3.04. The Balaban J connectivity index is 1.50. The zero-order valence-corrected chi connectivity index (χ0v) is 15.5. The summed E-state index contributed by atoms with van der Waals surface area (Å²) in [6.07, 6.45) is 13.4. The third-order valence-electron chi connectivity index (χ3n) is 6.74. The summed E-state index contributed by atoms with van der Waals surface area (Å²) in [4.78, 5) is 17.8. The Morgan fingerprint density at radius 1 is 1.29 bits per heavy atom. The maximum atomic E-state index is 13.1. The van der Waals surface area contributed by atoms with Crippen molar-refractivity contribution in [2.45, 2.75) is 50.3 Å². The van der Waals surface area contributed by atoms with Crippen molar-refractivity contribution >= 4 is 23.4 Å². The van der Waals surface area contributed by atoms with E-state index >= 15 is 0 Å². The lowest BCUT2D eigenvalue weighted by molar-refractivity contribution is -0.127. The third kappa shape index (κ3) is 2.58. The van der Waals surface area contributed by atoms with Crippen LogP contribution in [0.5, 0.6) is 0 Å². The largest absolute Gasteiger partial charge is 0.353 e. The smallest absolute Gasteiger partial charge is 0.224 e. The minimum atomic E-state index is -0.0412. The van der Waals surface area contributed by atoms with Crippen molar-refractivity contribution in [2.75, 3.05) is 12.3 Å². The first-order chi connectivity index (χ1) is 11.6. The van der Waals surface area contributed by atoms with E-state index < -0.39 is 0 Å². The predicted octanol–water partition coefficient (Wildman–Crippen LogP) is 3.62. The van der Waals surface area contributed by atoms with Crippen molar-refractivity contribution in [3.05, 3.63) is 24.3 Å². The van der Waals surface area contributed by atoms with Gasteiger partial charge in [-0.3, -0.25) is 9.79 Å². The average molecular weight is 345 g/mol. The van der Waals surface area contributed by atoms with E-state index in [4.69, 9.17) is 4.99 Å². The minimum Gasteiger partial charge on any atom is -0.353 e. The Bertz CT molecular complexity index is 611. The van der Waals surface area contributed by atoms with E-state index in [-0.39, 0.29) is 10.7 Å². The normalized spacial score (nSPS) is 43.8. The molecule has 4 aliphatic rings. The third-order valence-corrected chi connectivity index (χ3v) is 8.39. The second-order valence-electron chi connectivity index (χ2n) is 7.97. The number of amides is 1. The highest BCUT2D eigenvalue weighted by atomic mass is 32.2. The number of aliphatic imine (C=N–C) groups is 1. The summed E-state index contributed by atoms with van der Waals surface area (Å²) in [6.45, 7) is 5.49. The van der Waals surface area contributed by atoms with Gasteiger partial charge in [-0.25, -0.2) is 0 Å². The van der Waals surface area contributed by atoms with Gasteiger partial charge in [0.1, 0.15) is 0 Å². The van der Waals surface area contributed by atoms with Crippen LogP contribution in [0.25, 0.3) is 0 Å². The van der Waals surface area contributed by atoms with Gasteiger partial charge in [0.25, 0.3) is 0 Å².